The molecule has 1 N–H and O–H groups in total. The van der Waals surface area contributed by atoms with E-state index in [9.17, 15) is 17.6 Å². The topological polar surface area (TPSA) is 79.0 Å². The van der Waals surface area contributed by atoms with Crippen LogP contribution in [0.25, 0.3) is 0 Å². The molecule has 162 valence electrons. The van der Waals surface area contributed by atoms with Gasteiger partial charge in [0, 0.05) is 37.7 Å². The molecule has 3 rings (SSSR count). The van der Waals surface area contributed by atoms with Crippen molar-refractivity contribution in [2.24, 2.45) is 0 Å². The van der Waals surface area contributed by atoms with E-state index in [0.717, 1.165) is 4.31 Å². The van der Waals surface area contributed by atoms with E-state index in [1.54, 1.807) is 4.90 Å². The van der Waals surface area contributed by atoms with Crippen molar-refractivity contribution in [3.63, 3.8) is 0 Å². The lowest BCUT2D eigenvalue weighted by Crippen LogP contribution is -2.50. The van der Waals surface area contributed by atoms with Crippen molar-refractivity contribution in [1.29, 1.82) is 0 Å². The third-order valence-corrected chi connectivity index (χ3v) is 6.84. The molecule has 1 saturated heterocycles. The number of amides is 1. The summed E-state index contributed by atoms with van der Waals surface area (Å²) >= 11 is 6.03. The van der Waals surface area contributed by atoms with Crippen LogP contribution in [0.3, 0.4) is 0 Å². The largest absolute Gasteiger partial charge is 0.495 e. The van der Waals surface area contributed by atoms with Crippen LogP contribution in [0.4, 0.5) is 4.39 Å². The van der Waals surface area contributed by atoms with Gasteiger partial charge in [-0.2, -0.15) is 4.31 Å². The number of sulfonamides is 1. The smallest absolute Gasteiger partial charge is 0.247 e. The zero-order chi connectivity index (χ0) is 21.7. The van der Waals surface area contributed by atoms with Gasteiger partial charge in [-0.1, -0.05) is 23.7 Å². The maximum atomic E-state index is 13.5. The Hall–Kier alpha value is -2.20. The molecule has 1 aliphatic heterocycles. The van der Waals surface area contributed by atoms with Crippen LogP contribution in [0, 0.1) is 5.82 Å². The number of methoxy groups -OCH3 is 1. The molecule has 1 amide bonds. The molecular weight excluding hydrogens is 433 g/mol. The third-order valence-electron chi connectivity index (χ3n) is 4.80. The summed E-state index contributed by atoms with van der Waals surface area (Å²) in [6.07, 6.45) is 0. The van der Waals surface area contributed by atoms with Crippen LogP contribution in [0.15, 0.2) is 47.4 Å². The Morgan fingerprint density at radius 2 is 1.87 bits per heavy atom. The summed E-state index contributed by atoms with van der Waals surface area (Å²) in [6.45, 7) is 1.86. The van der Waals surface area contributed by atoms with Gasteiger partial charge in [-0.05, 0) is 35.9 Å². The lowest BCUT2D eigenvalue weighted by Gasteiger charge is -2.30. The molecule has 1 fully saturated rings. The zero-order valence-electron chi connectivity index (χ0n) is 16.5. The second-order valence-corrected chi connectivity index (χ2v) is 9.17. The van der Waals surface area contributed by atoms with Gasteiger partial charge >= 0.3 is 0 Å². The van der Waals surface area contributed by atoms with Gasteiger partial charge in [-0.15, -0.1) is 0 Å². The number of hydrogen-bond donors (Lipinski definition) is 1. The van der Waals surface area contributed by atoms with Crippen LogP contribution in [0.2, 0.25) is 5.02 Å². The van der Waals surface area contributed by atoms with Crippen molar-refractivity contribution in [2.45, 2.75) is 11.4 Å². The molecule has 0 saturated carbocycles. The van der Waals surface area contributed by atoms with E-state index in [1.165, 1.54) is 49.6 Å². The van der Waals surface area contributed by atoms with E-state index in [2.05, 4.69) is 5.32 Å². The van der Waals surface area contributed by atoms with E-state index < -0.39 is 15.8 Å². The summed E-state index contributed by atoms with van der Waals surface area (Å²) in [5, 5.41) is 3.38. The molecular formula is C20H23ClFN3O4S. The molecule has 7 nitrogen and oxygen atoms in total. The fraction of sp³-hybridized carbons (Fsp3) is 0.350. The molecule has 0 atom stereocenters. The number of ether oxygens (including phenoxy) is 1. The first-order valence-corrected chi connectivity index (χ1v) is 11.2. The van der Waals surface area contributed by atoms with Crippen molar-refractivity contribution in [1.82, 2.24) is 14.5 Å². The lowest BCUT2D eigenvalue weighted by molar-refractivity contribution is -0.132. The van der Waals surface area contributed by atoms with Gasteiger partial charge in [0.2, 0.25) is 15.9 Å². The maximum absolute atomic E-state index is 13.5. The first-order valence-electron chi connectivity index (χ1n) is 9.38. The number of halogens is 2. The second-order valence-electron chi connectivity index (χ2n) is 6.83. The minimum absolute atomic E-state index is 0.101. The van der Waals surface area contributed by atoms with Gasteiger partial charge in [0.1, 0.15) is 16.5 Å². The van der Waals surface area contributed by atoms with Crippen LogP contribution in [0.5, 0.6) is 5.75 Å². The van der Waals surface area contributed by atoms with Crippen LogP contribution in [-0.4, -0.2) is 63.4 Å². The number of nitrogens with zero attached hydrogens (tertiary/aromatic N) is 2. The number of piperazine rings is 1. The van der Waals surface area contributed by atoms with Crippen LogP contribution in [0.1, 0.15) is 5.56 Å². The van der Waals surface area contributed by atoms with Crippen LogP contribution in [-0.2, 0) is 21.4 Å². The number of rotatable bonds is 7. The Bertz CT molecular complexity index is 996. The number of carbonyl (C=O) groups is 1. The summed E-state index contributed by atoms with van der Waals surface area (Å²) in [5.74, 6) is -0.608. The second kappa shape index (κ2) is 9.74. The number of hydrogen-bond acceptors (Lipinski definition) is 5. The molecule has 0 spiro atoms. The standard InChI is InChI=1S/C20H23ClFN3O4S/c1-29-18-7-4-16(21)12-19(18)30(27,28)25(13-15-2-5-17(22)6-3-15)14-20(26)24-10-8-23-9-11-24/h2-7,12,23H,8-11,13-14H2,1H3. The summed E-state index contributed by atoms with van der Waals surface area (Å²) < 4.78 is 46.5. The van der Waals surface area contributed by atoms with Crippen molar-refractivity contribution in [3.05, 3.63) is 58.9 Å². The lowest BCUT2D eigenvalue weighted by atomic mass is 10.2. The SMILES string of the molecule is COc1ccc(Cl)cc1S(=O)(=O)N(CC(=O)N1CCNCC1)Cc1ccc(F)cc1. The Labute approximate surface area is 180 Å². The Kier molecular flexibility index (Phi) is 7.30. The first kappa shape index (κ1) is 22.5. The fourth-order valence-corrected chi connectivity index (χ4v) is 4.97. The van der Waals surface area contributed by atoms with Gasteiger partial charge in [0.25, 0.3) is 0 Å². The quantitative estimate of drug-likeness (QED) is 0.691. The van der Waals surface area contributed by atoms with E-state index >= 15 is 0 Å². The minimum atomic E-state index is -4.14. The molecule has 0 unspecified atom stereocenters. The molecule has 0 aromatic heterocycles. The van der Waals surface area contributed by atoms with E-state index in [-0.39, 0.29) is 34.7 Å². The average Bonchev–Trinajstić information content (AvgIpc) is 2.75. The maximum Gasteiger partial charge on any atom is 0.247 e. The van der Waals surface area contributed by atoms with Gasteiger partial charge in [0.15, 0.2) is 0 Å². The predicted molar refractivity (Wildman–Crippen MR) is 111 cm³/mol. The highest BCUT2D eigenvalue weighted by Gasteiger charge is 2.31. The summed E-state index contributed by atoms with van der Waals surface area (Å²) in [6, 6.07) is 9.75. The summed E-state index contributed by atoms with van der Waals surface area (Å²) in [5.41, 5.74) is 0.550. The van der Waals surface area contributed by atoms with Gasteiger partial charge in [-0.3, -0.25) is 4.79 Å². The van der Waals surface area contributed by atoms with E-state index in [4.69, 9.17) is 16.3 Å². The highest BCUT2D eigenvalue weighted by molar-refractivity contribution is 7.89. The molecule has 10 heteroatoms. The summed E-state index contributed by atoms with van der Waals surface area (Å²) in [7, 11) is -2.78. The highest BCUT2D eigenvalue weighted by Crippen LogP contribution is 2.30. The molecule has 2 aromatic carbocycles. The Morgan fingerprint density at radius 3 is 2.50 bits per heavy atom. The molecule has 0 radical (unpaired) electrons. The third kappa shape index (κ3) is 5.28. The van der Waals surface area contributed by atoms with Crippen molar-refractivity contribution in [3.8, 4) is 5.75 Å². The number of carbonyl (C=O) groups excluding carboxylic acids is 1. The molecule has 0 aliphatic carbocycles. The average molecular weight is 456 g/mol. The number of nitrogens with one attached hydrogen (secondary N) is 1. The fourth-order valence-electron chi connectivity index (χ4n) is 3.18. The normalized spacial score (nSPS) is 14.7. The first-order chi connectivity index (χ1) is 14.3. The summed E-state index contributed by atoms with van der Waals surface area (Å²) in [4.78, 5) is 14.3. The van der Waals surface area contributed by atoms with Crippen LogP contribution >= 0.6 is 11.6 Å². The number of benzene rings is 2. The molecule has 1 aliphatic rings. The molecule has 30 heavy (non-hydrogen) atoms. The highest BCUT2D eigenvalue weighted by atomic mass is 35.5. The van der Waals surface area contributed by atoms with Crippen LogP contribution < -0.4 is 10.1 Å². The molecule has 1 heterocycles. The van der Waals surface area contributed by atoms with Crippen molar-refractivity contribution < 1.29 is 22.3 Å². The van der Waals surface area contributed by atoms with Crippen molar-refractivity contribution >= 4 is 27.5 Å². The zero-order valence-corrected chi connectivity index (χ0v) is 18.0. The van der Waals surface area contributed by atoms with Gasteiger partial charge in [0.05, 0.1) is 13.7 Å². The van der Waals surface area contributed by atoms with E-state index in [1.807, 2.05) is 0 Å². The van der Waals surface area contributed by atoms with Gasteiger partial charge in [-0.25, -0.2) is 12.8 Å². The molecule has 0 bridgehead atoms. The van der Waals surface area contributed by atoms with Crippen molar-refractivity contribution in [2.75, 3.05) is 39.8 Å². The molecule has 2 aromatic rings. The monoisotopic (exact) mass is 455 g/mol. The van der Waals surface area contributed by atoms with Gasteiger partial charge < -0.3 is 15.0 Å². The Morgan fingerprint density at radius 1 is 1.20 bits per heavy atom. The van der Waals surface area contributed by atoms with E-state index in [0.29, 0.717) is 31.7 Å². The predicted octanol–water partition coefficient (Wildman–Crippen LogP) is 2.11. The minimum Gasteiger partial charge on any atom is -0.495 e. The Balaban J connectivity index is 1.95.